The van der Waals surface area contributed by atoms with E-state index in [1.807, 2.05) is 18.7 Å². The Morgan fingerprint density at radius 2 is 2.21 bits per heavy atom. The number of rotatable bonds is 10. The van der Waals surface area contributed by atoms with E-state index in [0.29, 0.717) is 5.92 Å². The lowest BCUT2D eigenvalue weighted by Gasteiger charge is -2.12. The molecular formula is C20H29N3O. The molecule has 4 nitrogen and oxygen atoms in total. The van der Waals surface area contributed by atoms with E-state index in [2.05, 4.69) is 40.0 Å². The van der Waals surface area contributed by atoms with Crippen LogP contribution >= 0.6 is 0 Å². The Kier molecular flexibility index (Phi) is 6.16. The number of anilines is 1. The van der Waals surface area contributed by atoms with Gasteiger partial charge in [0.05, 0.1) is 12.9 Å². The molecule has 0 aliphatic carbocycles. The van der Waals surface area contributed by atoms with E-state index in [-0.39, 0.29) is 0 Å². The highest BCUT2D eigenvalue weighted by molar-refractivity contribution is 5.60. The van der Waals surface area contributed by atoms with Crippen LogP contribution in [0, 0.1) is 0 Å². The zero-order valence-corrected chi connectivity index (χ0v) is 14.7. The Morgan fingerprint density at radius 1 is 1.25 bits per heavy atom. The summed E-state index contributed by atoms with van der Waals surface area (Å²) in [5.74, 6) is 1.61. The van der Waals surface area contributed by atoms with Crippen molar-refractivity contribution in [3.05, 3.63) is 42.5 Å². The Bertz CT molecular complexity index is 609. The Balaban J connectivity index is 1.49. The number of hydrogen-bond donors (Lipinski definition) is 1. The average molecular weight is 327 g/mol. The quantitative estimate of drug-likeness (QED) is 0.635. The maximum absolute atomic E-state index is 5.95. The fourth-order valence-electron chi connectivity index (χ4n) is 3.39. The van der Waals surface area contributed by atoms with Gasteiger partial charge in [-0.2, -0.15) is 0 Å². The molecule has 0 bridgehead atoms. The molecule has 0 radical (unpaired) electrons. The third-order valence-corrected chi connectivity index (χ3v) is 4.80. The molecule has 3 rings (SSSR count). The smallest absolute Gasteiger partial charge is 0.119 e. The number of nitrogens with zero attached hydrogens (tertiary/aromatic N) is 2. The molecule has 2 heterocycles. The number of aryl methyl sites for hydroxylation is 1. The number of benzene rings is 1. The Morgan fingerprint density at radius 3 is 3.04 bits per heavy atom. The molecule has 24 heavy (non-hydrogen) atoms. The topological polar surface area (TPSA) is 39.1 Å². The summed E-state index contributed by atoms with van der Waals surface area (Å²) in [6, 6.07) is 6.52. The zero-order chi connectivity index (χ0) is 16.6. The van der Waals surface area contributed by atoms with Gasteiger partial charge in [-0.15, -0.1) is 0 Å². The van der Waals surface area contributed by atoms with E-state index in [4.69, 9.17) is 4.74 Å². The molecule has 1 N–H and O–H groups in total. The number of unbranched alkanes of at least 4 members (excludes halogenated alkanes) is 3. The third kappa shape index (κ3) is 4.53. The first-order valence-electron chi connectivity index (χ1n) is 9.33. The maximum atomic E-state index is 5.95. The number of nitrogens with one attached hydrogen (secondary N) is 1. The average Bonchev–Trinajstić information content (AvgIpc) is 3.25. The van der Waals surface area contributed by atoms with Crippen molar-refractivity contribution in [2.45, 2.75) is 57.9 Å². The minimum absolute atomic E-state index is 0.590. The minimum Gasteiger partial charge on any atom is -0.494 e. The van der Waals surface area contributed by atoms with E-state index in [9.17, 15) is 0 Å². The highest BCUT2D eigenvalue weighted by atomic mass is 16.5. The molecular weight excluding hydrogens is 298 g/mol. The van der Waals surface area contributed by atoms with E-state index < -0.39 is 0 Å². The van der Waals surface area contributed by atoms with Gasteiger partial charge in [-0.1, -0.05) is 26.2 Å². The first kappa shape index (κ1) is 16.9. The van der Waals surface area contributed by atoms with Gasteiger partial charge < -0.3 is 14.6 Å². The molecule has 1 aliphatic heterocycles. The highest BCUT2D eigenvalue weighted by Crippen LogP contribution is 2.36. The van der Waals surface area contributed by atoms with Crippen LogP contribution in [-0.4, -0.2) is 22.7 Å². The lowest BCUT2D eigenvalue weighted by molar-refractivity contribution is 0.304. The standard InChI is InChI=1S/C20H29N3O/c1-2-3-4-5-13-24-18-8-9-20-19(14-18)17(15-22-20)7-6-11-23-12-10-21-16-23/h8-10,12,14,16-17,22H,2-7,11,13,15H2,1H3. The van der Waals surface area contributed by atoms with E-state index in [1.54, 1.807) is 0 Å². The minimum atomic E-state index is 0.590. The Hall–Kier alpha value is -1.97. The van der Waals surface area contributed by atoms with Crippen molar-refractivity contribution in [1.29, 1.82) is 0 Å². The number of ether oxygens (including phenoxy) is 1. The maximum Gasteiger partial charge on any atom is 0.119 e. The largest absolute Gasteiger partial charge is 0.494 e. The monoisotopic (exact) mass is 327 g/mol. The summed E-state index contributed by atoms with van der Waals surface area (Å²) >= 11 is 0. The van der Waals surface area contributed by atoms with Crippen molar-refractivity contribution in [1.82, 2.24) is 9.55 Å². The first-order chi connectivity index (χ1) is 11.9. The summed E-state index contributed by atoms with van der Waals surface area (Å²) in [7, 11) is 0. The Labute approximate surface area is 145 Å². The zero-order valence-electron chi connectivity index (χ0n) is 14.7. The summed E-state index contributed by atoms with van der Waals surface area (Å²) in [6.07, 6.45) is 13.1. The summed E-state index contributed by atoms with van der Waals surface area (Å²) < 4.78 is 8.10. The van der Waals surface area contributed by atoms with Crippen LogP contribution in [0.25, 0.3) is 0 Å². The molecule has 0 spiro atoms. The second kappa shape index (κ2) is 8.76. The normalized spacial score (nSPS) is 16.0. The molecule has 1 aliphatic rings. The summed E-state index contributed by atoms with van der Waals surface area (Å²) in [5, 5.41) is 3.53. The summed E-state index contributed by atoms with van der Waals surface area (Å²) in [6.45, 7) is 5.15. The van der Waals surface area contributed by atoms with Crippen LogP contribution in [0.1, 0.15) is 56.9 Å². The second-order valence-electron chi connectivity index (χ2n) is 6.68. The van der Waals surface area contributed by atoms with Crippen LogP contribution in [0.3, 0.4) is 0 Å². The van der Waals surface area contributed by atoms with Gasteiger partial charge in [-0.05, 0) is 43.0 Å². The van der Waals surface area contributed by atoms with Crippen molar-refractivity contribution < 1.29 is 4.74 Å². The summed E-state index contributed by atoms with van der Waals surface area (Å²) in [4.78, 5) is 4.10. The molecule has 0 saturated heterocycles. The second-order valence-corrected chi connectivity index (χ2v) is 6.68. The van der Waals surface area contributed by atoms with Gasteiger partial charge in [-0.3, -0.25) is 0 Å². The first-order valence-corrected chi connectivity index (χ1v) is 9.33. The number of aromatic nitrogens is 2. The van der Waals surface area contributed by atoms with E-state index >= 15 is 0 Å². The van der Waals surface area contributed by atoms with Crippen LogP contribution < -0.4 is 10.1 Å². The fraction of sp³-hybridized carbons (Fsp3) is 0.550. The van der Waals surface area contributed by atoms with Crippen molar-refractivity contribution >= 4 is 5.69 Å². The molecule has 1 unspecified atom stereocenters. The number of fused-ring (bicyclic) bond motifs is 1. The van der Waals surface area contributed by atoms with Crippen LogP contribution in [0.15, 0.2) is 36.9 Å². The molecule has 1 aromatic carbocycles. The van der Waals surface area contributed by atoms with E-state index in [1.165, 1.54) is 43.4 Å². The van der Waals surface area contributed by atoms with Crippen LogP contribution in [0.4, 0.5) is 5.69 Å². The number of hydrogen-bond acceptors (Lipinski definition) is 3. The molecule has 0 saturated carbocycles. The van der Waals surface area contributed by atoms with Gasteiger partial charge >= 0.3 is 0 Å². The van der Waals surface area contributed by atoms with Crippen molar-refractivity contribution in [3.8, 4) is 5.75 Å². The van der Waals surface area contributed by atoms with Gasteiger partial charge in [0.1, 0.15) is 5.75 Å². The van der Waals surface area contributed by atoms with Crippen molar-refractivity contribution in [2.75, 3.05) is 18.5 Å². The molecule has 1 atom stereocenters. The van der Waals surface area contributed by atoms with Gasteiger partial charge in [0.15, 0.2) is 0 Å². The molecule has 2 aromatic rings. The molecule has 1 aromatic heterocycles. The SMILES string of the molecule is CCCCCCOc1ccc2c(c1)C(CCCn1ccnc1)CN2. The van der Waals surface area contributed by atoms with E-state index in [0.717, 1.165) is 31.9 Å². The summed E-state index contributed by atoms with van der Waals surface area (Å²) in [5.41, 5.74) is 2.70. The van der Waals surface area contributed by atoms with Crippen molar-refractivity contribution in [3.63, 3.8) is 0 Å². The molecule has 4 heteroatoms. The van der Waals surface area contributed by atoms with Gasteiger partial charge in [-0.25, -0.2) is 4.98 Å². The fourth-order valence-corrected chi connectivity index (χ4v) is 3.39. The van der Waals surface area contributed by atoms with Crippen molar-refractivity contribution in [2.24, 2.45) is 0 Å². The molecule has 0 fully saturated rings. The van der Waals surface area contributed by atoms with Gasteiger partial charge in [0.25, 0.3) is 0 Å². The molecule has 0 amide bonds. The lowest BCUT2D eigenvalue weighted by atomic mass is 9.96. The van der Waals surface area contributed by atoms with Crippen LogP contribution in [-0.2, 0) is 6.54 Å². The van der Waals surface area contributed by atoms with Gasteiger partial charge in [0.2, 0.25) is 0 Å². The lowest BCUT2D eigenvalue weighted by Crippen LogP contribution is -2.04. The third-order valence-electron chi connectivity index (χ3n) is 4.80. The van der Waals surface area contributed by atoms with Crippen LogP contribution in [0.5, 0.6) is 5.75 Å². The molecule has 130 valence electrons. The van der Waals surface area contributed by atoms with Crippen LogP contribution in [0.2, 0.25) is 0 Å². The van der Waals surface area contributed by atoms with Gasteiger partial charge in [0, 0.05) is 37.1 Å². The highest BCUT2D eigenvalue weighted by Gasteiger charge is 2.22. The predicted molar refractivity (Wildman–Crippen MR) is 98.8 cm³/mol. The predicted octanol–water partition coefficient (Wildman–Crippen LogP) is 4.83. The number of imidazole rings is 1.